The van der Waals surface area contributed by atoms with Crippen LogP contribution < -0.4 is 14.8 Å². The zero-order valence-electron chi connectivity index (χ0n) is 12.1. The minimum absolute atomic E-state index is 0.0782. The smallest absolute Gasteiger partial charge is 0.177 e. The average Bonchev–Trinajstić information content (AvgIpc) is 2.54. The third-order valence-corrected chi connectivity index (χ3v) is 3.79. The quantitative estimate of drug-likeness (QED) is 0.940. The van der Waals surface area contributed by atoms with Crippen LogP contribution in [0.25, 0.3) is 0 Å². The third-order valence-electron chi connectivity index (χ3n) is 3.79. The first-order valence-electron chi connectivity index (χ1n) is 6.83. The summed E-state index contributed by atoms with van der Waals surface area (Å²) in [6.45, 7) is 0.576. The number of Topliss-reactive ketones (excluding diaryl/α,β-unsaturated/α-hetero) is 1. The Labute approximate surface area is 123 Å². The van der Waals surface area contributed by atoms with Crippen LogP contribution in [0.2, 0.25) is 0 Å². The summed E-state index contributed by atoms with van der Waals surface area (Å²) in [5.41, 5.74) is 2.38. The normalized spacial score (nSPS) is 16.9. The van der Waals surface area contributed by atoms with Gasteiger partial charge < -0.3 is 14.8 Å². The Morgan fingerprint density at radius 3 is 2.52 bits per heavy atom. The van der Waals surface area contributed by atoms with E-state index in [1.54, 1.807) is 20.3 Å². The van der Waals surface area contributed by atoms with Gasteiger partial charge in [0.05, 0.1) is 31.4 Å². The van der Waals surface area contributed by atoms with Crippen LogP contribution in [0.3, 0.4) is 0 Å². The van der Waals surface area contributed by atoms with E-state index in [0.717, 1.165) is 11.3 Å². The van der Waals surface area contributed by atoms with Gasteiger partial charge in [-0.3, -0.25) is 4.79 Å². The van der Waals surface area contributed by atoms with E-state index in [0.29, 0.717) is 23.6 Å². The number of hydrogen-bond acceptors (Lipinski definition) is 4. The minimum atomic E-state index is -0.194. The lowest BCUT2D eigenvalue weighted by Gasteiger charge is -2.27. The molecular formula is C17H17NO3. The van der Waals surface area contributed by atoms with Crippen molar-refractivity contribution in [2.24, 2.45) is 0 Å². The molecule has 1 aliphatic heterocycles. The Hall–Kier alpha value is -2.49. The molecule has 3 rings (SSSR count). The van der Waals surface area contributed by atoms with Crippen molar-refractivity contribution in [2.45, 2.75) is 5.92 Å². The van der Waals surface area contributed by atoms with Crippen LogP contribution in [0.1, 0.15) is 21.8 Å². The maximum absolute atomic E-state index is 12.8. The number of hydrogen-bond donors (Lipinski definition) is 1. The van der Waals surface area contributed by atoms with Gasteiger partial charge in [0.15, 0.2) is 5.78 Å². The average molecular weight is 283 g/mol. The Balaban J connectivity index is 2.05. The van der Waals surface area contributed by atoms with E-state index in [4.69, 9.17) is 9.47 Å². The van der Waals surface area contributed by atoms with Gasteiger partial charge in [0.1, 0.15) is 11.5 Å². The summed E-state index contributed by atoms with van der Waals surface area (Å²) in [6, 6.07) is 13.4. The fourth-order valence-electron chi connectivity index (χ4n) is 2.70. The molecule has 4 heteroatoms. The molecule has 1 unspecified atom stereocenters. The van der Waals surface area contributed by atoms with E-state index in [2.05, 4.69) is 5.32 Å². The molecule has 0 bridgehead atoms. The van der Waals surface area contributed by atoms with Gasteiger partial charge in [-0.1, -0.05) is 30.3 Å². The van der Waals surface area contributed by atoms with Gasteiger partial charge in [0, 0.05) is 18.7 Å². The van der Waals surface area contributed by atoms with E-state index in [1.165, 1.54) is 0 Å². The molecule has 2 aromatic carbocycles. The lowest BCUT2D eigenvalue weighted by Crippen LogP contribution is -2.28. The molecule has 0 aliphatic carbocycles. The molecule has 1 atom stereocenters. The Morgan fingerprint density at radius 2 is 1.86 bits per heavy atom. The second-order valence-electron chi connectivity index (χ2n) is 4.96. The Morgan fingerprint density at radius 1 is 1.10 bits per heavy atom. The summed E-state index contributed by atoms with van der Waals surface area (Å²) in [5.74, 6) is 1.10. The predicted molar refractivity (Wildman–Crippen MR) is 81.5 cm³/mol. The summed E-state index contributed by atoms with van der Waals surface area (Å²) in [4.78, 5) is 12.8. The molecule has 0 aromatic heterocycles. The standard InChI is InChI=1S/C17H17NO3/c1-20-12-8-14-16(15(9-12)21-2)17(19)13(10-18-14)11-6-4-3-5-7-11/h3-9,13,18H,10H2,1-2H3. The minimum Gasteiger partial charge on any atom is -0.497 e. The number of ketones is 1. The number of methoxy groups -OCH3 is 2. The number of anilines is 1. The molecule has 0 spiro atoms. The van der Waals surface area contributed by atoms with Gasteiger partial charge in [0.2, 0.25) is 0 Å². The molecule has 1 N–H and O–H groups in total. The summed E-state index contributed by atoms with van der Waals surface area (Å²) >= 11 is 0. The second-order valence-corrected chi connectivity index (χ2v) is 4.96. The SMILES string of the molecule is COc1cc2c(c(OC)c1)C(=O)C(c1ccccc1)CN2. The van der Waals surface area contributed by atoms with Crippen LogP contribution in [0, 0.1) is 0 Å². The van der Waals surface area contributed by atoms with Crippen molar-refractivity contribution >= 4 is 11.5 Å². The van der Waals surface area contributed by atoms with E-state index >= 15 is 0 Å². The van der Waals surface area contributed by atoms with Gasteiger partial charge in [0.25, 0.3) is 0 Å². The number of fused-ring (bicyclic) bond motifs is 1. The molecule has 0 saturated carbocycles. The Kier molecular flexibility index (Phi) is 3.52. The zero-order chi connectivity index (χ0) is 14.8. The molecule has 2 aromatic rings. The number of rotatable bonds is 3. The summed E-state index contributed by atoms with van der Waals surface area (Å²) in [7, 11) is 3.16. The molecule has 1 heterocycles. The van der Waals surface area contributed by atoms with E-state index in [-0.39, 0.29) is 11.7 Å². The van der Waals surface area contributed by atoms with Crippen molar-refractivity contribution in [1.82, 2.24) is 0 Å². The molecule has 1 aliphatic rings. The topological polar surface area (TPSA) is 47.6 Å². The van der Waals surface area contributed by atoms with Crippen LogP contribution in [0.5, 0.6) is 11.5 Å². The number of carbonyl (C=O) groups is 1. The molecule has 0 amide bonds. The van der Waals surface area contributed by atoms with E-state index in [9.17, 15) is 4.79 Å². The second kappa shape index (κ2) is 5.48. The molecular weight excluding hydrogens is 266 g/mol. The predicted octanol–water partition coefficient (Wildman–Crippen LogP) is 3.10. The number of nitrogens with one attached hydrogen (secondary N) is 1. The van der Waals surface area contributed by atoms with Crippen molar-refractivity contribution in [2.75, 3.05) is 26.1 Å². The fourth-order valence-corrected chi connectivity index (χ4v) is 2.70. The van der Waals surface area contributed by atoms with Crippen molar-refractivity contribution in [1.29, 1.82) is 0 Å². The highest BCUT2D eigenvalue weighted by Crippen LogP contribution is 2.39. The van der Waals surface area contributed by atoms with Crippen LogP contribution in [0.4, 0.5) is 5.69 Å². The van der Waals surface area contributed by atoms with Crippen molar-refractivity contribution < 1.29 is 14.3 Å². The number of carbonyl (C=O) groups excluding carboxylic acids is 1. The first-order chi connectivity index (χ1) is 10.2. The highest BCUT2D eigenvalue weighted by atomic mass is 16.5. The number of ether oxygens (including phenoxy) is 2. The van der Waals surface area contributed by atoms with E-state index < -0.39 is 0 Å². The van der Waals surface area contributed by atoms with Crippen LogP contribution in [-0.2, 0) is 0 Å². The molecule has 4 nitrogen and oxygen atoms in total. The highest BCUT2D eigenvalue weighted by molar-refractivity contribution is 6.09. The van der Waals surface area contributed by atoms with E-state index in [1.807, 2.05) is 36.4 Å². The van der Waals surface area contributed by atoms with Crippen LogP contribution in [-0.4, -0.2) is 26.5 Å². The van der Waals surface area contributed by atoms with Crippen molar-refractivity contribution in [3.8, 4) is 11.5 Å². The van der Waals surface area contributed by atoms with Crippen molar-refractivity contribution in [3.05, 3.63) is 53.6 Å². The lowest BCUT2D eigenvalue weighted by molar-refractivity contribution is 0.0957. The maximum atomic E-state index is 12.8. The summed E-state index contributed by atoms with van der Waals surface area (Å²) < 4.78 is 10.6. The fraction of sp³-hybridized carbons (Fsp3) is 0.235. The van der Waals surface area contributed by atoms with Gasteiger partial charge in [-0.2, -0.15) is 0 Å². The Bertz CT molecular complexity index is 650. The first-order valence-corrected chi connectivity index (χ1v) is 6.83. The molecule has 0 radical (unpaired) electrons. The van der Waals surface area contributed by atoms with Crippen molar-refractivity contribution in [3.63, 3.8) is 0 Å². The zero-order valence-corrected chi connectivity index (χ0v) is 12.1. The third kappa shape index (κ3) is 2.33. The van der Waals surface area contributed by atoms with Crippen LogP contribution in [0.15, 0.2) is 42.5 Å². The highest BCUT2D eigenvalue weighted by Gasteiger charge is 2.31. The summed E-state index contributed by atoms with van der Waals surface area (Å²) in [6.07, 6.45) is 0. The van der Waals surface area contributed by atoms with Gasteiger partial charge in [-0.05, 0) is 5.56 Å². The molecule has 108 valence electrons. The first kappa shape index (κ1) is 13.5. The maximum Gasteiger partial charge on any atom is 0.177 e. The van der Waals surface area contributed by atoms with Gasteiger partial charge in [-0.25, -0.2) is 0 Å². The lowest BCUT2D eigenvalue weighted by atomic mass is 9.86. The molecule has 0 fully saturated rings. The molecule has 0 saturated heterocycles. The largest absolute Gasteiger partial charge is 0.497 e. The van der Waals surface area contributed by atoms with Gasteiger partial charge >= 0.3 is 0 Å². The van der Waals surface area contributed by atoms with Crippen LogP contribution >= 0.6 is 0 Å². The molecule has 21 heavy (non-hydrogen) atoms. The van der Waals surface area contributed by atoms with Gasteiger partial charge in [-0.15, -0.1) is 0 Å². The number of benzene rings is 2. The summed E-state index contributed by atoms with van der Waals surface area (Å²) in [5, 5.41) is 3.31. The monoisotopic (exact) mass is 283 g/mol.